The summed E-state index contributed by atoms with van der Waals surface area (Å²) in [6.45, 7) is 0.126. The van der Waals surface area contributed by atoms with E-state index < -0.39 is 10.0 Å². The predicted octanol–water partition coefficient (Wildman–Crippen LogP) is 4.17. The molecule has 5 rings (SSSR count). The third-order valence-electron chi connectivity index (χ3n) is 6.24. The lowest BCUT2D eigenvalue weighted by Crippen LogP contribution is -2.23. The second-order valence-corrected chi connectivity index (χ2v) is 10.2. The van der Waals surface area contributed by atoms with E-state index in [-0.39, 0.29) is 17.3 Å². The molecule has 1 aromatic heterocycles. The van der Waals surface area contributed by atoms with Crippen LogP contribution in [-0.2, 0) is 28.4 Å². The van der Waals surface area contributed by atoms with E-state index in [2.05, 4.69) is 10.0 Å². The van der Waals surface area contributed by atoms with Gasteiger partial charge in [0.05, 0.1) is 19.1 Å². The van der Waals surface area contributed by atoms with Crippen molar-refractivity contribution in [2.75, 3.05) is 19.5 Å². The molecule has 0 atom stereocenters. The van der Waals surface area contributed by atoms with E-state index in [1.165, 1.54) is 12.1 Å². The van der Waals surface area contributed by atoms with Gasteiger partial charge in [0.1, 0.15) is 11.5 Å². The normalized spacial score (nSPS) is 14.2. The average molecular weight is 504 g/mol. The van der Waals surface area contributed by atoms with Crippen LogP contribution in [0.1, 0.15) is 16.7 Å². The summed E-state index contributed by atoms with van der Waals surface area (Å²) in [5.74, 6) is 1.12. The Morgan fingerprint density at radius 2 is 1.69 bits per heavy atom. The van der Waals surface area contributed by atoms with Crippen molar-refractivity contribution < 1.29 is 22.7 Å². The first-order valence-corrected chi connectivity index (χ1v) is 12.7. The van der Waals surface area contributed by atoms with Gasteiger partial charge in [-0.1, -0.05) is 12.1 Å². The number of aromatic nitrogens is 1. The highest BCUT2D eigenvalue weighted by Gasteiger charge is 2.27. The van der Waals surface area contributed by atoms with Crippen LogP contribution in [-0.4, -0.2) is 33.1 Å². The van der Waals surface area contributed by atoms with Crippen LogP contribution in [0, 0.1) is 0 Å². The van der Waals surface area contributed by atoms with Crippen molar-refractivity contribution in [1.29, 1.82) is 0 Å². The third kappa shape index (κ3) is 4.34. The maximum Gasteiger partial charge on any atom is 0.256 e. The van der Waals surface area contributed by atoms with E-state index in [4.69, 9.17) is 9.47 Å². The SMILES string of the molecule is COc1ccc(CNS(=O)(=O)c2ccc3c(c2)/C(=C/c2cn(C)c4ccc(OC)cc24)C(=O)N3)cc1. The summed E-state index contributed by atoms with van der Waals surface area (Å²) in [6.07, 6.45) is 3.71. The first kappa shape index (κ1) is 23.7. The van der Waals surface area contributed by atoms with Gasteiger partial charge < -0.3 is 19.4 Å². The van der Waals surface area contributed by atoms with Gasteiger partial charge in [-0.25, -0.2) is 13.1 Å². The van der Waals surface area contributed by atoms with Crippen LogP contribution >= 0.6 is 0 Å². The van der Waals surface area contributed by atoms with E-state index in [9.17, 15) is 13.2 Å². The molecule has 0 fully saturated rings. The van der Waals surface area contributed by atoms with Crippen LogP contribution in [0.25, 0.3) is 22.6 Å². The zero-order valence-electron chi connectivity index (χ0n) is 20.0. The molecule has 3 aromatic carbocycles. The Morgan fingerprint density at radius 3 is 2.42 bits per heavy atom. The molecule has 1 aliphatic rings. The summed E-state index contributed by atoms with van der Waals surface area (Å²) < 4.78 is 41.2. The number of carbonyl (C=O) groups is 1. The summed E-state index contributed by atoms with van der Waals surface area (Å²) >= 11 is 0. The fraction of sp³-hybridized carbons (Fsp3) is 0.148. The molecule has 0 unspecified atom stereocenters. The molecule has 1 amide bonds. The highest BCUT2D eigenvalue weighted by Crippen LogP contribution is 2.36. The molecule has 2 N–H and O–H groups in total. The number of benzene rings is 3. The van der Waals surface area contributed by atoms with Crippen molar-refractivity contribution in [3.8, 4) is 11.5 Å². The van der Waals surface area contributed by atoms with Crippen molar-refractivity contribution >= 4 is 44.2 Å². The van der Waals surface area contributed by atoms with Crippen LogP contribution in [0.5, 0.6) is 11.5 Å². The highest BCUT2D eigenvalue weighted by molar-refractivity contribution is 7.89. The molecule has 2 heterocycles. The Kier molecular flexibility index (Phi) is 6.03. The molecule has 9 heteroatoms. The number of anilines is 1. The Bertz CT molecular complexity index is 1620. The molecular formula is C27H25N3O5S. The van der Waals surface area contributed by atoms with E-state index in [1.54, 1.807) is 50.6 Å². The standard InChI is InChI=1S/C27H25N3O5S/c1-30-16-18(22-13-20(35-3)8-11-26(22)30)12-24-23-14-21(9-10-25(23)29-27(24)31)36(32,33)28-15-17-4-6-19(34-2)7-5-17/h4-14,16,28H,15H2,1-3H3,(H,29,31)/b24-12-. The molecule has 4 aromatic rings. The lowest BCUT2D eigenvalue weighted by molar-refractivity contribution is -0.110. The second-order valence-electron chi connectivity index (χ2n) is 8.47. The van der Waals surface area contributed by atoms with Crippen LogP contribution in [0.2, 0.25) is 0 Å². The van der Waals surface area contributed by atoms with Gasteiger partial charge in [0.15, 0.2) is 0 Å². The van der Waals surface area contributed by atoms with Crippen molar-refractivity contribution in [3.05, 3.63) is 83.6 Å². The predicted molar refractivity (Wildman–Crippen MR) is 139 cm³/mol. The number of hydrogen-bond donors (Lipinski definition) is 2. The second kappa shape index (κ2) is 9.18. The Morgan fingerprint density at radius 1 is 0.972 bits per heavy atom. The largest absolute Gasteiger partial charge is 0.497 e. The monoisotopic (exact) mass is 503 g/mol. The molecule has 0 saturated heterocycles. The molecule has 184 valence electrons. The number of nitrogens with zero attached hydrogens (tertiary/aromatic N) is 1. The van der Waals surface area contributed by atoms with Gasteiger partial charge >= 0.3 is 0 Å². The summed E-state index contributed by atoms with van der Waals surface area (Å²) in [7, 11) is 1.29. The van der Waals surface area contributed by atoms with Gasteiger partial charge in [-0.15, -0.1) is 0 Å². The zero-order valence-corrected chi connectivity index (χ0v) is 20.8. The number of ether oxygens (including phenoxy) is 2. The summed E-state index contributed by atoms with van der Waals surface area (Å²) in [6, 6.07) is 17.5. The number of fused-ring (bicyclic) bond motifs is 2. The van der Waals surface area contributed by atoms with E-state index in [0.717, 1.165) is 22.0 Å². The molecule has 0 spiro atoms. The topological polar surface area (TPSA) is 98.7 Å². The fourth-order valence-corrected chi connectivity index (χ4v) is 5.33. The lowest BCUT2D eigenvalue weighted by Gasteiger charge is -2.09. The van der Waals surface area contributed by atoms with Crippen LogP contribution in [0.3, 0.4) is 0 Å². The van der Waals surface area contributed by atoms with Gasteiger partial charge in [-0.3, -0.25) is 4.79 Å². The van der Waals surface area contributed by atoms with Gasteiger partial charge in [-0.05, 0) is 60.2 Å². The van der Waals surface area contributed by atoms with E-state index >= 15 is 0 Å². The number of aryl methyl sites for hydroxylation is 1. The molecular weight excluding hydrogens is 478 g/mol. The number of hydrogen-bond acceptors (Lipinski definition) is 5. The summed E-state index contributed by atoms with van der Waals surface area (Å²) in [5.41, 5.74) is 4.11. The molecule has 0 bridgehead atoms. The van der Waals surface area contributed by atoms with Crippen molar-refractivity contribution in [2.24, 2.45) is 7.05 Å². The van der Waals surface area contributed by atoms with Crippen molar-refractivity contribution in [3.63, 3.8) is 0 Å². The Hall–Kier alpha value is -4.08. The molecule has 0 saturated carbocycles. The fourth-order valence-electron chi connectivity index (χ4n) is 4.28. The highest BCUT2D eigenvalue weighted by atomic mass is 32.2. The number of methoxy groups -OCH3 is 2. The minimum atomic E-state index is -3.82. The maximum atomic E-state index is 13.0. The average Bonchev–Trinajstić information content (AvgIpc) is 3.37. The van der Waals surface area contributed by atoms with Gasteiger partial charge in [0, 0.05) is 53.1 Å². The smallest absolute Gasteiger partial charge is 0.256 e. The molecule has 1 aliphatic heterocycles. The molecule has 36 heavy (non-hydrogen) atoms. The number of amides is 1. The third-order valence-corrected chi connectivity index (χ3v) is 7.64. The Balaban J connectivity index is 1.48. The molecule has 0 radical (unpaired) electrons. The number of nitrogens with one attached hydrogen (secondary N) is 2. The number of rotatable bonds is 7. The van der Waals surface area contributed by atoms with Crippen molar-refractivity contribution in [2.45, 2.75) is 11.4 Å². The van der Waals surface area contributed by atoms with Gasteiger partial charge in [-0.2, -0.15) is 0 Å². The summed E-state index contributed by atoms with van der Waals surface area (Å²) in [4.78, 5) is 12.9. The molecule has 8 nitrogen and oxygen atoms in total. The minimum Gasteiger partial charge on any atom is -0.497 e. The van der Waals surface area contributed by atoms with E-state index in [0.29, 0.717) is 28.3 Å². The lowest BCUT2D eigenvalue weighted by atomic mass is 10.0. The first-order chi connectivity index (χ1) is 17.3. The van der Waals surface area contributed by atoms with Gasteiger partial charge in [0.2, 0.25) is 10.0 Å². The quantitative estimate of drug-likeness (QED) is 0.369. The van der Waals surface area contributed by atoms with Crippen molar-refractivity contribution in [1.82, 2.24) is 9.29 Å². The van der Waals surface area contributed by atoms with E-state index in [1.807, 2.05) is 36.0 Å². The van der Waals surface area contributed by atoms with Crippen LogP contribution < -0.4 is 19.5 Å². The molecule has 0 aliphatic carbocycles. The van der Waals surface area contributed by atoms with Crippen LogP contribution in [0.4, 0.5) is 5.69 Å². The summed E-state index contributed by atoms with van der Waals surface area (Å²) in [5, 5.41) is 3.75. The number of carbonyl (C=O) groups excluding carboxylic acids is 1. The van der Waals surface area contributed by atoms with Crippen LogP contribution in [0.15, 0.2) is 71.8 Å². The number of sulfonamides is 1. The minimum absolute atomic E-state index is 0.0803. The van der Waals surface area contributed by atoms with Gasteiger partial charge in [0.25, 0.3) is 5.91 Å². The zero-order chi connectivity index (χ0) is 25.4. The Labute approximate surface area is 209 Å². The maximum absolute atomic E-state index is 13.0. The first-order valence-electron chi connectivity index (χ1n) is 11.2.